The van der Waals surface area contributed by atoms with Crippen LogP contribution in [0.2, 0.25) is 0 Å². The molecule has 0 aliphatic heterocycles. The fourth-order valence-corrected chi connectivity index (χ4v) is 2.03. The molecular weight excluding hydrogens is 172 g/mol. The quantitative estimate of drug-likeness (QED) is 0.723. The van der Waals surface area contributed by atoms with Gasteiger partial charge in [0.15, 0.2) is 0 Å². The van der Waals surface area contributed by atoms with E-state index in [4.69, 9.17) is 0 Å². The Morgan fingerprint density at radius 3 is 2.57 bits per heavy atom. The third-order valence-electron chi connectivity index (χ3n) is 3.02. The lowest BCUT2D eigenvalue weighted by atomic mass is 10.0. The van der Waals surface area contributed by atoms with E-state index in [0.717, 1.165) is 12.0 Å². The van der Waals surface area contributed by atoms with Crippen molar-refractivity contribution in [1.82, 2.24) is 0 Å². The van der Waals surface area contributed by atoms with Gasteiger partial charge in [-0.25, -0.2) is 0 Å². The molecule has 1 heteroatoms. The summed E-state index contributed by atoms with van der Waals surface area (Å²) in [4.78, 5) is 0. The molecule has 0 saturated heterocycles. The van der Waals surface area contributed by atoms with Gasteiger partial charge in [-0.05, 0) is 30.7 Å². The Labute approximate surface area is 85.1 Å². The van der Waals surface area contributed by atoms with Crippen LogP contribution in [0.1, 0.15) is 25.0 Å². The Morgan fingerprint density at radius 1 is 1.43 bits per heavy atom. The van der Waals surface area contributed by atoms with Crippen molar-refractivity contribution in [1.29, 1.82) is 0 Å². The molecule has 1 fully saturated rings. The van der Waals surface area contributed by atoms with Gasteiger partial charge in [0.2, 0.25) is 0 Å². The minimum Gasteiger partial charge on any atom is -0.388 e. The maximum atomic E-state index is 10.0. The van der Waals surface area contributed by atoms with Crippen LogP contribution >= 0.6 is 0 Å². The molecule has 0 bridgehead atoms. The molecule has 0 radical (unpaired) electrons. The zero-order valence-corrected chi connectivity index (χ0v) is 8.48. The van der Waals surface area contributed by atoms with Gasteiger partial charge in [-0.15, -0.1) is 0 Å². The number of aliphatic hydroxyl groups excluding tert-OH is 1. The SMILES string of the molecule is C=C(C)[C@H]1C[C@H]1[C@H](O)c1ccccc1. The van der Waals surface area contributed by atoms with E-state index in [9.17, 15) is 5.11 Å². The maximum absolute atomic E-state index is 10.0. The van der Waals surface area contributed by atoms with Crippen molar-refractivity contribution in [2.75, 3.05) is 0 Å². The van der Waals surface area contributed by atoms with Gasteiger partial charge in [0.1, 0.15) is 0 Å². The second-order valence-electron chi connectivity index (χ2n) is 4.21. The molecular formula is C13H16O. The van der Waals surface area contributed by atoms with Gasteiger partial charge in [0, 0.05) is 0 Å². The molecule has 0 unspecified atom stereocenters. The highest BCUT2D eigenvalue weighted by Gasteiger charge is 2.42. The summed E-state index contributed by atoms with van der Waals surface area (Å²) in [6, 6.07) is 9.88. The Balaban J connectivity index is 2.05. The number of rotatable bonds is 3. The van der Waals surface area contributed by atoms with Crippen molar-refractivity contribution in [3.8, 4) is 0 Å². The van der Waals surface area contributed by atoms with Gasteiger partial charge in [-0.2, -0.15) is 0 Å². The van der Waals surface area contributed by atoms with Gasteiger partial charge in [-0.1, -0.05) is 42.5 Å². The lowest BCUT2D eigenvalue weighted by Gasteiger charge is -2.10. The normalized spacial score (nSPS) is 27.0. The third-order valence-corrected chi connectivity index (χ3v) is 3.02. The van der Waals surface area contributed by atoms with E-state index in [2.05, 4.69) is 6.58 Å². The second kappa shape index (κ2) is 3.58. The zero-order chi connectivity index (χ0) is 10.1. The number of hydrogen-bond donors (Lipinski definition) is 1. The molecule has 0 heterocycles. The minimum absolute atomic E-state index is 0.308. The van der Waals surface area contributed by atoms with Crippen LogP contribution in [-0.2, 0) is 0 Å². The number of allylic oxidation sites excluding steroid dienone is 1. The van der Waals surface area contributed by atoms with Crippen LogP contribution in [0.4, 0.5) is 0 Å². The average Bonchev–Trinajstić information content (AvgIpc) is 2.97. The molecule has 14 heavy (non-hydrogen) atoms. The highest BCUT2D eigenvalue weighted by molar-refractivity contribution is 5.22. The van der Waals surface area contributed by atoms with Crippen molar-refractivity contribution < 1.29 is 5.11 Å². The van der Waals surface area contributed by atoms with Crippen LogP contribution in [0.15, 0.2) is 42.5 Å². The maximum Gasteiger partial charge on any atom is 0.0824 e. The van der Waals surface area contributed by atoms with E-state index in [1.54, 1.807) is 0 Å². The van der Waals surface area contributed by atoms with E-state index in [1.165, 1.54) is 5.57 Å². The number of benzene rings is 1. The van der Waals surface area contributed by atoms with E-state index in [1.807, 2.05) is 37.3 Å². The topological polar surface area (TPSA) is 20.2 Å². The van der Waals surface area contributed by atoms with Gasteiger partial charge in [0.25, 0.3) is 0 Å². The molecule has 1 aliphatic rings. The Hall–Kier alpha value is -1.08. The summed E-state index contributed by atoms with van der Waals surface area (Å²) < 4.78 is 0. The molecule has 0 amide bonds. The highest BCUT2D eigenvalue weighted by Crippen LogP contribution is 2.50. The third kappa shape index (κ3) is 1.73. The first-order chi connectivity index (χ1) is 6.70. The van der Waals surface area contributed by atoms with Crippen LogP contribution in [0, 0.1) is 11.8 Å². The number of aliphatic hydroxyl groups is 1. The lowest BCUT2D eigenvalue weighted by molar-refractivity contribution is 0.149. The Bertz CT molecular complexity index is 328. The van der Waals surface area contributed by atoms with Crippen molar-refractivity contribution in [2.45, 2.75) is 19.4 Å². The van der Waals surface area contributed by atoms with Crippen molar-refractivity contribution in [2.24, 2.45) is 11.8 Å². The van der Waals surface area contributed by atoms with E-state index >= 15 is 0 Å². The van der Waals surface area contributed by atoms with Crippen molar-refractivity contribution in [3.05, 3.63) is 48.0 Å². The molecule has 1 aliphatic carbocycles. The minimum atomic E-state index is -0.308. The van der Waals surface area contributed by atoms with Crippen LogP contribution < -0.4 is 0 Å². The monoisotopic (exact) mass is 188 g/mol. The molecule has 1 saturated carbocycles. The van der Waals surface area contributed by atoms with Crippen LogP contribution in [0.25, 0.3) is 0 Å². The van der Waals surface area contributed by atoms with Gasteiger partial charge >= 0.3 is 0 Å². The molecule has 0 aromatic heterocycles. The molecule has 74 valence electrons. The summed E-state index contributed by atoms with van der Waals surface area (Å²) in [7, 11) is 0. The summed E-state index contributed by atoms with van der Waals surface area (Å²) in [5, 5.41) is 10.0. The molecule has 1 aromatic carbocycles. The smallest absolute Gasteiger partial charge is 0.0824 e. The van der Waals surface area contributed by atoms with Crippen molar-refractivity contribution >= 4 is 0 Å². The first-order valence-corrected chi connectivity index (χ1v) is 5.08. The molecule has 3 atom stereocenters. The summed E-state index contributed by atoms with van der Waals surface area (Å²) >= 11 is 0. The highest BCUT2D eigenvalue weighted by atomic mass is 16.3. The Kier molecular flexibility index (Phi) is 2.42. The number of hydrogen-bond acceptors (Lipinski definition) is 1. The first-order valence-electron chi connectivity index (χ1n) is 5.08. The molecule has 1 aromatic rings. The van der Waals surface area contributed by atoms with Crippen LogP contribution in [-0.4, -0.2) is 5.11 Å². The van der Waals surface area contributed by atoms with E-state index in [0.29, 0.717) is 11.8 Å². The predicted molar refractivity (Wildman–Crippen MR) is 57.8 cm³/mol. The largest absolute Gasteiger partial charge is 0.388 e. The molecule has 1 nitrogen and oxygen atoms in total. The van der Waals surface area contributed by atoms with Gasteiger partial charge < -0.3 is 5.11 Å². The molecule has 2 rings (SSSR count). The summed E-state index contributed by atoms with van der Waals surface area (Å²) in [6.07, 6.45) is 0.781. The molecule has 1 N–H and O–H groups in total. The molecule has 0 spiro atoms. The van der Waals surface area contributed by atoms with Crippen LogP contribution in [0.5, 0.6) is 0 Å². The van der Waals surface area contributed by atoms with Crippen LogP contribution in [0.3, 0.4) is 0 Å². The summed E-state index contributed by atoms with van der Waals surface area (Å²) in [5.41, 5.74) is 2.23. The first kappa shape index (κ1) is 9.47. The fourth-order valence-electron chi connectivity index (χ4n) is 2.03. The Morgan fingerprint density at radius 2 is 2.07 bits per heavy atom. The summed E-state index contributed by atoms with van der Waals surface area (Å²) in [5.74, 6) is 0.931. The van der Waals surface area contributed by atoms with Gasteiger partial charge in [-0.3, -0.25) is 0 Å². The second-order valence-corrected chi connectivity index (χ2v) is 4.21. The zero-order valence-electron chi connectivity index (χ0n) is 8.48. The van der Waals surface area contributed by atoms with Crippen molar-refractivity contribution in [3.63, 3.8) is 0 Å². The van der Waals surface area contributed by atoms with Gasteiger partial charge in [0.05, 0.1) is 6.10 Å². The fraction of sp³-hybridized carbons (Fsp3) is 0.385. The average molecular weight is 188 g/mol. The summed E-state index contributed by atoms with van der Waals surface area (Å²) in [6.45, 7) is 5.98. The van der Waals surface area contributed by atoms with E-state index < -0.39 is 0 Å². The van der Waals surface area contributed by atoms with E-state index in [-0.39, 0.29) is 6.10 Å². The predicted octanol–water partition coefficient (Wildman–Crippen LogP) is 2.93. The lowest BCUT2D eigenvalue weighted by Crippen LogP contribution is -2.01. The standard InChI is InChI=1S/C13H16O/c1-9(2)11-8-12(11)13(14)10-6-4-3-5-7-10/h3-7,11-14H,1,8H2,2H3/t11-,12-,13-/m1/s1.